The van der Waals surface area contributed by atoms with Crippen LogP contribution in [0.3, 0.4) is 0 Å². The normalized spacial score (nSPS) is 12.1. The fourth-order valence-corrected chi connectivity index (χ4v) is 2.57. The molecule has 3 rings (SSSR count). The zero-order chi connectivity index (χ0) is 16.4. The van der Waals surface area contributed by atoms with Crippen molar-refractivity contribution in [3.05, 3.63) is 65.7 Å². The molecule has 1 atom stereocenters. The highest BCUT2D eigenvalue weighted by molar-refractivity contribution is 5.93. The first-order chi connectivity index (χ1) is 11.1. The quantitative estimate of drug-likeness (QED) is 0.805. The van der Waals surface area contributed by atoms with Gasteiger partial charge in [-0.05, 0) is 26.0 Å². The molecule has 0 aliphatic carbocycles. The van der Waals surface area contributed by atoms with Crippen molar-refractivity contribution in [3.63, 3.8) is 0 Å². The molecule has 3 aromatic rings. The lowest BCUT2D eigenvalue weighted by Gasteiger charge is -2.13. The first-order valence-corrected chi connectivity index (χ1v) is 7.45. The number of benzene rings is 1. The summed E-state index contributed by atoms with van der Waals surface area (Å²) < 4.78 is 3.49. The van der Waals surface area contributed by atoms with Crippen molar-refractivity contribution in [2.75, 3.05) is 0 Å². The van der Waals surface area contributed by atoms with Gasteiger partial charge in [0.05, 0.1) is 29.7 Å². The van der Waals surface area contributed by atoms with Crippen LogP contribution in [-0.2, 0) is 7.05 Å². The monoisotopic (exact) mass is 309 g/mol. The second-order valence-electron chi connectivity index (χ2n) is 5.53. The average Bonchev–Trinajstić information content (AvgIpc) is 3.14. The molecule has 1 aromatic carbocycles. The third-order valence-corrected chi connectivity index (χ3v) is 3.83. The predicted octanol–water partition coefficient (Wildman–Crippen LogP) is 2.41. The number of aromatic nitrogens is 4. The number of nitrogens with zero attached hydrogens (tertiary/aromatic N) is 4. The summed E-state index contributed by atoms with van der Waals surface area (Å²) in [5.41, 5.74) is 3.55. The molecule has 0 saturated heterocycles. The van der Waals surface area contributed by atoms with Crippen molar-refractivity contribution >= 4 is 5.91 Å². The number of hydrogen-bond acceptors (Lipinski definition) is 3. The fraction of sp³-hybridized carbons (Fsp3) is 0.235. The van der Waals surface area contributed by atoms with E-state index < -0.39 is 0 Å². The Morgan fingerprint density at radius 1 is 1.17 bits per heavy atom. The Kier molecular flexibility index (Phi) is 3.97. The lowest BCUT2D eigenvalue weighted by molar-refractivity contribution is 0.0939. The van der Waals surface area contributed by atoms with E-state index in [1.54, 1.807) is 30.3 Å². The van der Waals surface area contributed by atoms with Gasteiger partial charge in [0.2, 0.25) is 0 Å². The van der Waals surface area contributed by atoms with Crippen molar-refractivity contribution in [1.82, 2.24) is 24.9 Å². The molecule has 0 aliphatic rings. The molecule has 23 heavy (non-hydrogen) atoms. The maximum atomic E-state index is 12.2. The van der Waals surface area contributed by atoms with E-state index in [1.165, 1.54) is 0 Å². The van der Waals surface area contributed by atoms with Crippen molar-refractivity contribution in [3.8, 4) is 5.69 Å². The van der Waals surface area contributed by atoms with Gasteiger partial charge in [-0.25, -0.2) is 4.68 Å². The molecular formula is C17H19N5O. The Hall–Kier alpha value is -2.89. The first-order valence-electron chi connectivity index (χ1n) is 7.45. The molecule has 118 valence electrons. The summed E-state index contributed by atoms with van der Waals surface area (Å²) in [6, 6.07) is 9.79. The summed E-state index contributed by atoms with van der Waals surface area (Å²) in [5, 5.41) is 11.4. The highest BCUT2D eigenvalue weighted by atomic mass is 16.1. The van der Waals surface area contributed by atoms with Crippen LogP contribution in [0.25, 0.3) is 5.69 Å². The third-order valence-electron chi connectivity index (χ3n) is 3.83. The minimum Gasteiger partial charge on any atom is -0.345 e. The minimum atomic E-state index is -0.141. The summed E-state index contributed by atoms with van der Waals surface area (Å²) in [7, 11) is 1.79. The molecule has 0 fully saturated rings. The molecule has 0 radical (unpaired) electrons. The Bertz CT molecular complexity index is 819. The molecule has 2 heterocycles. The van der Waals surface area contributed by atoms with Crippen molar-refractivity contribution in [1.29, 1.82) is 0 Å². The van der Waals surface area contributed by atoms with Gasteiger partial charge < -0.3 is 5.32 Å². The van der Waals surface area contributed by atoms with E-state index >= 15 is 0 Å². The van der Waals surface area contributed by atoms with Gasteiger partial charge in [-0.1, -0.05) is 18.2 Å². The predicted molar refractivity (Wildman–Crippen MR) is 87.4 cm³/mol. The second kappa shape index (κ2) is 6.08. The number of rotatable bonds is 4. The summed E-state index contributed by atoms with van der Waals surface area (Å²) in [5.74, 6) is -0.141. The van der Waals surface area contributed by atoms with Gasteiger partial charge in [0.25, 0.3) is 5.91 Å². The van der Waals surface area contributed by atoms with E-state index in [-0.39, 0.29) is 11.9 Å². The standard InChI is InChI=1S/C17H19N5O/c1-12(20-17(23)14-9-18-21(3)11-14)16-10-19-22(13(16)2)15-7-5-4-6-8-15/h4-12H,1-3H3,(H,20,23). The van der Waals surface area contributed by atoms with Gasteiger partial charge in [-0.2, -0.15) is 10.2 Å². The number of nitrogens with one attached hydrogen (secondary N) is 1. The van der Waals surface area contributed by atoms with E-state index in [1.807, 2.05) is 48.9 Å². The number of aryl methyl sites for hydroxylation is 1. The van der Waals surface area contributed by atoms with Crippen LogP contribution in [0.4, 0.5) is 0 Å². The highest BCUT2D eigenvalue weighted by Crippen LogP contribution is 2.20. The molecular weight excluding hydrogens is 290 g/mol. The summed E-state index contributed by atoms with van der Waals surface area (Å²) in [6.45, 7) is 3.95. The fourth-order valence-electron chi connectivity index (χ4n) is 2.57. The van der Waals surface area contributed by atoms with Crippen LogP contribution in [-0.4, -0.2) is 25.5 Å². The van der Waals surface area contributed by atoms with E-state index in [9.17, 15) is 4.79 Å². The number of hydrogen-bond donors (Lipinski definition) is 1. The van der Waals surface area contributed by atoms with Crippen molar-refractivity contribution < 1.29 is 4.79 Å². The van der Waals surface area contributed by atoms with Crippen molar-refractivity contribution in [2.24, 2.45) is 7.05 Å². The molecule has 0 bridgehead atoms. The zero-order valence-corrected chi connectivity index (χ0v) is 13.4. The molecule has 6 heteroatoms. The van der Waals surface area contributed by atoms with Crippen LogP contribution in [0.2, 0.25) is 0 Å². The topological polar surface area (TPSA) is 64.7 Å². The third kappa shape index (κ3) is 3.01. The van der Waals surface area contributed by atoms with Crippen LogP contribution in [0.5, 0.6) is 0 Å². The SMILES string of the molecule is Cc1c(C(C)NC(=O)c2cnn(C)c2)cnn1-c1ccccc1. The molecule has 1 N–H and O–H groups in total. The van der Waals surface area contributed by atoms with Crippen LogP contribution in [0.15, 0.2) is 48.9 Å². The smallest absolute Gasteiger partial charge is 0.254 e. The Morgan fingerprint density at radius 2 is 1.91 bits per heavy atom. The number of carbonyl (C=O) groups excluding carboxylic acids is 1. The van der Waals surface area contributed by atoms with E-state index in [0.717, 1.165) is 16.9 Å². The van der Waals surface area contributed by atoms with Gasteiger partial charge in [0.1, 0.15) is 0 Å². The van der Waals surface area contributed by atoms with Gasteiger partial charge in [-0.3, -0.25) is 9.48 Å². The number of carbonyl (C=O) groups is 1. The average molecular weight is 309 g/mol. The van der Waals surface area contributed by atoms with E-state index in [2.05, 4.69) is 15.5 Å². The molecule has 0 saturated carbocycles. The van der Waals surface area contributed by atoms with Gasteiger partial charge in [0, 0.05) is 24.5 Å². The lowest BCUT2D eigenvalue weighted by atomic mass is 10.1. The van der Waals surface area contributed by atoms with Crippen LogP contribution in [0, 0.1) is 6.92 Å². The van der Waals surface area contributed by atoms with Gasteiger partial charge in [0.15, 0.2) is 0 Å². The Morgan fingerprint density at radius 3 is 2.57 bits per heavy atom. The lowest BCUT2D eigenvalue weighted by Crippen LogP contribution is -2.26. The number of amides is 1. The van der Waals surface area contributed by atoms with Crippen molar-refractivity contribution in [2.45, 2.75) is 19.9 Å². The highest BCUT2D eigenvalue weighted by Gasteiger charge is 2.17. The minimum absolute atomic E-state index is 0.139. The molecule has 1 unspecified atom stereocenters. The maximum absolute atomic E-state index is 12.2. The van der Waals surface area contributed by atoms with Gasteiger partial charge >= 0.3 is 0 Å². The van der Waals surface area contributed by atoms with Crippen LogP contribution >= 0.6 is 0 Å². The summed E-state index contributed by atoms with van der Waals surface area (Å²) in [4.78, 5) is 12.2. The second-order valence-corrected chi connectivity index (χ2v) is 5.53. The Balaban J connectivity index is 1.79. The Labute approximate surface area is 134 Å². The first kappa shape index (κ1) is 15.0. The van der Waals surface area contributed by atoms with E-state index in [0.29, 0.717) is 5.56 Å². The maximum Gasteiger partial charge on any atom is 0.254 e. The molecule has 2 aromatic heterocycles. The zero-order valence-electron chi connectivity index (χ0n) is 13.4. The summed E-state index contributed by atoms with van der Waals surface area (Å²) in [6.07, 6.45) is 5.06. The molecule has 0 spiro atoms. The van der Waals surface area contributed by atoms with Crippen LogP contribution in [0.1, 0.15) is 34.6 Å². The van der Waals surface area contributed by atoms with Gasteiger partial charge in [-0.15, -0.1) is 0 Å². The molecule has 1 amide bonds. The largest absolute Gasteiger partial charge is 0.345 e. The number of para-hydroxylation sites is 1. The molecule has 6 nitrogen and oxygen atoms in total. The summed E-state index contributed by atoms with van der Waals surface area (Å²) >= 11 is 0. The molecule has 0 aliphatic heterocycles. The van der Waals surface area contributed by atoms with E-state index in [4.69, 9.17) is 0 Å². The van der Waals surface area contributed by atoms with Crippen LogP contribution < -0.4 is 5.32 Å².